The molecule has 0 aromatic heterocycles. The summed E-state index contributed by atoms with van der Waals surface area (Å²) in [6.45, 7) is 9.60. The number of carboxylic acid groups (broad SMARTS) is 1. The van der Waals surface area contributed by atoms with Crippen LogP contribution in [0, 0.1) is 5.92 Å². The van der Waals surface area contributed by atoms with Gasteiger partial charge in [0.15, 0.2) is 0 Å². The van der Waals surface area contributed by atoms with E-state index in [1.165, 1.54) is 238 Å². The Morgan fingerprint density at radius 3 is 0.946 bits per heavy atom. The summed E-state index contributed by atoms with van der Waals surface area (Å²) in [5, 5.41) is 29.5. The van der Waals surface area contributed by atoms with Gasteiger partial charge in [-0.3, -0.25) is 9.59 Å². The normalized spacial score (nSPS) is 12.9. The predicted molar refractivity (Wildman–Crippen MR) is 324 cm³/mol. The lowest BCUT2D eigenvalue weighted by molar-refractivity contribution is -0.144. The van der Waals surface area contributed by atoms with E-state index >= 15 is 0 Å². The Morgan fingerprint density at radius 2 is 0.608 bits per heavy atom. The van der Waals surface area contributed by atoms with E-state index in [1.807, 2.05) is 0 Å². The smallest absolute Gasteiger partial charge is 0.306 e. The zero-order valence-corrected chi connectivity index (χ0v) is 50.5. The molecule has 0 amide bonds. The van der Waals surface area contributed by atoms with Crippen molar-refractivity contribution in [2.45, 2.75) is 387 Å². The fourth-order valence-electron chi connectivity index (χ4n) is 10.2. The van der Waals surface area contributed by atoms with Crippen LogP contribution in [-0.4, -0.2) is 46.1 Å². The maximum absolute atomic E-state index is 11.9. The van der Waals surface area contributed by atoms with E-state index in [9.17, 15) is 24.9 Å². The highest BCUT2D eigenvalue weighted by atomic mass is 16.5. The topological polar surface area (TPSA) is 104 Å². The summed E-state index contributed by atoms with van der Waals surface area (Å²) >= 11 is 0. The third-order valence-electron chi connectivity index (χ3n) is 15.4. The Balaban J connectivity index is 0. The standard InChI is InChI=1S/2C34H66O3/c1-3-5-7-9-10-11-12-13-14-15-18-21-24-28-32-37-34(36)31-27-23-20-17-16-19-22-26-30-33(35)29-25-8-6-4-2;1-3-5-7-9-10-11-12-13-14-15-16-18-21-24-28-32(34(36)37)29-25-22-19-17-20-23-27-31-33(35)30-26-8-6-4-2/h22,26,33,35H,3-21,23-25,27-32H2,1-2H3;23,27,32-33,35H,3-22,24-26,28-31H2,1-2H3,(H,36,37)/b26-22-;27-23-/t33-;32?,33-/m11/s1. The molecule has 0 bridgehead atoms. The molecule has 3 N–H and O–H groups in total. The fraction of sp³-hybridized carbons (Fsp3) is 0.912. The van der Waals surface area contributed by atoms with Gasteiger partial charge >= 0.3 is 11.9 Å². The van der Waals surface area contributed by atoms with E-state index in [4.69, 9.17) is 4.74 Å². The molecular formula is C68H132O6. The van der Waals surface area contributed by atoms with Gasteiger partial charge < -0.3 is 20.1 Å². The van der Waals surface area contributed by atoms with Crippen LogP contribution in [0.3, 0.4) is 0 Å². The summed E-state index contributed by atoms with van der Waals surface area (Å²) in [5.74, 6) is -0.743. The van der Waals surface area contributed by atoms with E-state index in [0.717, 1.165) is 103 Å². The number of ether oxygens (including phenoxy) is 1. The van der Waals surface area contributed by atoms with Crippen molar-refractivity contribution in [2.75, 3.05) is 6.61 Å². The molecule has 0 radical (unpaired) electrons. The molecule has 0 aliphatic heterocycles. The molecule has 0 spiro atoms. The predicted octanol–water partition coefficient (Wildman–Crippen LogP) is 22.2. The lowest BCUT2D eigenvalue weighted by atomic mass is 9.94. The third-order valence-corrected chi connectivity index (χ3v) is 15.4. The number of hydrogen-bond donors (Lipinski definition) is 3. The Hall–Kier alpha value is -1.66. The molecule has 0 aliphatic carbocycles. The average molecular weight is 1050 g/mol. The lowest BCUT2D eigenvalue weighted by Gasteiger charge is -2.12. The minimum absolute atomic E-state index is 0.00845. The second-order valence-electron chi connectivity index (χ2n) is 23.0. The molecule has 0 saturated heterocycles. The van der Waals surface area contributed by atoms with Gasteiger partial charge in [0.1, 0.15) is 0 Å². The summed E-state index contributed by atoms with van der Waals surface area (Å²) < 4.78 is 5.41. The Kier molecular flexibility index (Phi) is 66.0. The molecule has 440 valence electrons. The van der Waals surface area contributed by atoms with Gasteiger partial charge in [-0.1, -0.05) is 315 Å². The van der Waals surface area contributed by atoms with Crippen LogP contribution in [0.4, 0.5) is 0 Å². The summed E-state index contributed by atoms with van der Waals surface area (Å²) in [6, 6.07) is 0. The number of allylic oxidation sites excluding steroid dienone is 2. The summed E-state index contributed by atoms with van der Waals surface area (Å²) in [5.41, 5.74) is 0. The van der Waals surface area contributed by atoms with Crippen LogP contribution < -0.4 is 0 Å². The highest BCUT2D eigenvalue weighted by molar-refractivity contribution is 5.70. The molecule has 1 unspecified atom stereocenters. The number of unbranched alkanes of at least 4 members (excludes halogenated alkanes) is 41. The number of aliphatic hydroxyl groups excluding tert-OH is 2. The van der Waals surface area contributed by atoms with E-state index < -0.39 is 5.97 Å². The van der Waals surface area contributed by atoms with Crippen molar-refractivity contribution in [3.63, 3.8) is 0 Å². The molecule has 6 heteroatoms. The van der Waals surface area contributed by atoms with Crippen LogP contribution in [-0.2, 0) is 14.3 Å². The molecule has 0 fully saturated rings. The fourth-order valence-corrected chi connectivity index (χ4v) is 10.2. The molecular weight excluding hydrogens is 913 g/mol. The highest BCUT2D eigenvalue weighted by Crippen LogP contribution is 2.21. The summed E-state index contributed by atoms with van der Waals surface area (Å²) in [4.78, 5) is 23.5. The number of carboxylic acids is 1. The van der Waals surface area contributed by atoms with Crippen LogP contribution in [0.25, 0.3) is 0 Å². The number of aliphatic hydroxyl groups is 2. The first-order chi connectivity index (χ1) is 36.3. The number of rotatable bonds is 60. The summed E-state index contributed by atoms with van der Waals surface area (Å²) in [7, 11) is 0. The van der Waals surface area contributed by atoms with Crippen molar-refractivity contribution in [1.29, 1.82) is 0 Å². The first-order valence-corrected chi connectivity index (χ1v) is 33.4. The van der Waals surface area contributed by atoms with Crippen molar-refractivity contribution in [3.05, 3.63) is 24.3 Å². The van der Waals surface area contributed by atoms with Crippen LogP contribution in [0.5, 0.6) is 0 Å². The average Bonchev–Trinajstić information content (AvgIpc) is 3.39. The zero-order chi connectivity index (χ0) is 54.3. The van der Waals surface area contributed by atoms with Crippen molar-refractivity contribution in [1.82, 2.24) is 0 Å². The first kappa shape index (κ1) is 74.4. The van der Waals surface area contributed by atoms with Gasteiger partial charge in [-0.25, -0.2) is 0 Å². The van der Waals surface area contributed by atoms with Crippen LogP contribution in [0.2, 0.25) is 0 Å². The first-order valence-electron chi connectivity index (χ1n) is 33.4. The molecule has 0 rings (SSSR count). The molecule has 74 heavy (non-hydrogen) atoms. The van der Waals surface area contributed by atoms with Gasteiger partial charge in [-0.05, 0) is 77.0 Å². The molecule has 0 heterocycles. The molecule has 0 aliphatic rings. The van der Waals surface area contributed by atoms with E-state index in [-0.39, 0.29) is 24.1 Å². The number of carbonyl (C=O) groups is 2. The van der Waals surface area contributed by atoms with Crippen molar-refractivity contribution in [3.8, 4) is 0 Å². The van der Waals surface area contributed by atoms with Gasteiger partial charge in [0.05, 0.1) is 24.7 Å². The van der Waals surface area contributed by atoms with Crippen LogP contribution >= 0.6 is 0 Å². The second-order valence-corrected chi connectivity index (χ2v) is 23.0. The van der Waals surface area contributed by atoms with Crippen LogP contribution in [0.15, 0.2) is 24.3 Å². The lowest BCUT2D eigenvalue weighted by Crippen LogP contribution is -2.13. The van der Waals surface area contributed by atoms with E-state index in [2.05, 4.69) is 52.0 Å². The largest absolute Gasteiger partial charge is 0.481 e. The van der Waals surface area contributed by atoms with Gasteiger partial charge in [0.2, 0.25) is 0 Å². The van der Waals surface area contributed by atoms with Gasteiger partial charge in [-0.2, -0.15) is 0 Å². The number of hydrogen-bond acceptors (Lipinski definition) is 5. The molecule has 0 saturated carbocycles. The second kappa shape index (κ2) is 65.6. The SMILES string of the molecule is CCCCCCCCCCCCCCCCC(CCCCCC/C=C\C[C@H](O)CCCCCC)C(=O)O.CCCCCCCCCCCCCCCCOC(=O)CCCCCCC/C=C\C[C@H](O)CCCCCC. The molecule has 6 nitrogen and oxygen atoms in total. The van der Waals surface area contributed by atoms with E-state index in [0.29, 0.717) is 13.0 Å². The number of aliphatic carboxylic acids is 1. The van der Waals surface area contributed by atoms with Crippen molar-refractivity contribution < 1.29 is 29.6 Å². The molecule has 0 aromatic carbocycles. The molecule has 3 atom stereocenters. The Labute approximate surface area is 463 Å². The van der Waals surface area contributed by atoms with Gasteiger partial charge in [0.25, 0.3) is 0 Å². The van der Waals surface area contributed by atoms with Crippen LogP contribution in [0.1, 0.15) is 374 Å². The summed E-state index contributed by atoms with van der Waals surface area (Å²) in [6.07, 6.45) is 74.0. The third kappa shape index (κ3) is 64.6. The minimum atomic E-state index is -0.592. The number of esters is 1. The monoisotopic (exact) mass is 1050 g/mol. The van der Waals surface area contributed by atoms with E-state index in [1.54, 1.807) is 0 Å². The quantitative estimate of drug-likeness (QED) is 0.0319. The Bertz CT molecular complexity index is 1130. The minimum Gasteiger partial charge on any atom is -0.481 e. The maximum Gasteiger partial charge on any atom is 0.306 e. The van der Waals surface area contributed by atoms with Crippen molar-refractivity contribution >= 4 is 11.9 Å². The van der Waals surface area contributed by atoms with Gasteiger partial charge in [0, 0.05) is 6.42 Å². The zero-order valence-electron chi connectivity index (χ0n) is 50.5. The molecule has 0 aromatic rings. The number of carbonyl (C=O) groups excluding carboxylic acids is 1. The maximum atomic E-state index is 11.9. The Morgan fingerprint density at radius 1 is 0.338 bits per heavy atom. The highest BCUT2D eigenvalue weighted by Gasteiger charge is 2.16. The van der Waals surface area contributed by atoms with Crippen molar-refractivity contribution in [2.24, 2.45) is 5.92 Å². The van der Waals surface area contributed by atoms with Gasteiger partial charge in [-0.15, -0.1) is 0 Å².